The molecule has 1 saturated heterocycles. The van der Waals surface area contributed by atoms with E-state index in [0.29, 0.717) is 5.01 Å². The molecule has 2 aromatic carbocycles. The van der Waals surface area contributed by atoms with E-state index in [0.717, 1.165) is 37.5 Å². The fourth-order valence-corrected chi connectivity index (χ4v) is 4.64. The van der Waals surface area contributed by atoms with Gasteiger partial charge in [0.2, 0.25) is 5.78 Å². The summed E-state index contributed by atoms with van der Waals surface area (Å²) in [5.74, 6) is -3.72. The summed E-state index contributed by atoms with van der Waals surface area (Å²) in [4.78, 5) is 21.0. The van der Waals surface area contributed by atoms with Gasteiger partial charge in [0.25, 0.3) is 0 Å². The Morgan fingerprint density at radius 1 is 1.07 bits per heavy atom. The van der Waals surface area contributed by atoms with Gasteiger partial charge in [-0.2, -0.15) is 8.78 Å². The van der Waals surface area contributed by atoms with Crippen LogP contribution < -0.4 is 15.4 Å². The van der Waals surface area contributed by atoms with Crippen LogP contribution in [0.15, 0.2) is 48.5 Å². The second-order valence-corrected chi connectivity index (χ2v) is 11.0. The number of ether oxygens (including phenoxy) is 1. The quantitative estimate of drug-likeness (QED) is 0.208. The van der Waals surface area contributed by atoms with Gasteiger partial charge in [-0.25, -0.2) is 4.98 Å². The van der Waals surface area contributed by atoms with Crippen LogP contribution in [0.5, 0.6) is 5.75 Å². The number of nitrogen functional groups attached to an aromatic ring is 1. The van der Waals surface area contributed by atoms with Gasteiger partial charge in [0.15, 0.2) is 0 Å². The van der Waals surface area contributed by atoms with Crippen LogP contribution in [-0.2, 0) is 0 Å². The number of thiazole rings is 1. The van der Waals surface area contributed by atoms with E-state index in [1.54, 1.807) is 6.92 Å². The number of aromatic nitrogens is 1. The Morgan fingerprint density at radius 2 is 1.60 bits per heavy atom. The summed E-state index contributed by atoms with van der Waals surface area (Å²) >= 11 is 1.16. The zero-order chi connectivity index (χ0) is 33.2. The monoisotopic (exact) mass is 640 g/mol. The van der Waals surface area contributed by atoms with Crippen molar-refractivity contribution in [3.8, 4) is 5.75 Å². The Kier molecular flexibility index (Phi) is 19.8. The van der Waals surface area contributed by atoms with Gasteiger partial charge in [0.1, 0.15) is 22.7 Å². The summed E-state index contributed by atoms with van der Waals surface area (Å²) < 4.78 is 29.9. The molecule has 4 rings (SSSR count). The number of hydrogen-bond donors (Lipinski definition) is 2. The molecule has 0 radical (unpaired) electrons. The van der Waals surface area contributed by atoms with Crippen LogP contribution in [-0.4, -0.2) is 59.0 Å². The number of alkyl halides is 2. The van der Waals surface area contributed by atoms with Crippen LogP contribution in [0.2, 0.25) is 0 Å². The summed E-state index contributed by atoms with van der Waals surface area (Å²) in [6.45, 7) is 21.8. The van der Waals surface area contributed by atoms with Crippen molar-refractivity contribution in [3.05, 3.63) is 69.5 Å². The highest BCUT2D eigenvalue weighted by molar-refractivity contribution is 7.17. The smallest absolute Gasteiger partial charge is 0.408 e. The molecule has 2 unspecified atom stereocenters. The second-order valence-electron chi connectivity index (χ2n) is 9.17. The lowest BCUT2D eigenvalue weighted by Crippen LogP contribution is -2.49. The number of halogens is 2. The van der Waals surface area contributed by atoms with E-state index in [4.69, 9.17) is 5.73 Å². The molecule has 242 valence electrons. The fourth-order valence-electron chi connectivity index (χ4n) is 3.70. The lowest BCUT2D eigenvalue weighted by atomic mass is 10.1. The molecular formula is C32H51F2N4O3PS. The van der Waals surface area contributed by atoms with Gasteiger partial charge in [-0.3, -0.25) is 9.69 Å². The highest BCUT2D eigenvalue weighted by Gasteiger charge is 2.24. The molecule has 3 N–H and O–H groups in total. The number of piperazine rings is 1. The average molecular weight is 641 g/mol. The molecule has 1 aliphatic heterocycles. The minimum atomic E-state index is -3.39. The maximum absolute atomic E-state index is 12.8. The van der Waals surface area contributed by atoms with Crippen molar-refractivity contribution >= 4 is 37.9 Å². The number of nitrogens with zero attached hydrogens (tertiary/aromatic N) is 3. The molecule has 0 bridgehead atoms. The second kappa shape index (κ2) is 21.1. The SMILES string of the molecule is CC.CC.CCC.Cc1ccc(N2CCN(C(C)O)CC2)cc1.Cc1nc(N)c(C(=O)c2cccc(OC(F)(F)P)c2)s1. The molecule has 0 amide bonds. The Labute approximate surface area is 263 Å². The molecule has 0 aliphatic carbocycles. The van der Waals surface area contributed by atoms with Gasteiger partial charge >= 0.3 is 5.85 Å². The van der Waals surface area contributed by atoms with Crippen molar-refractivity contribution in [3.63, 3.8) is 0 Å². The summed E-state index contributed by atoms with van der Waals surface area (Å²) in [7, 11) is 1.27. The zero-order valence-electron chi connectivity index (χ0n) is 27.2. The first-order chi connectivity index (χ1) is 20.3. The first-order valence-electron chi connectivity index (χ1n) is 14.8. The standard InChI is InChI=1S/C13H20N2O.C12H11F2N2O2PS.C3H8.2C2H6/c1-11-3-5-13(6-4-11)15-9-7-14(8-10-15)12(2)16;1-6-16-11(15)10(20-6)9(17)7-3-2-4-8(5-7)18-12(13,14)19;1-3-2;2*1-2/h3-6,12,16H,7-10H2,1-2H3;2-5H,15,19H2,1H3;3H2,1-2H3;2*1-2H3. The predicted molar refractivity (Wildman–Crippen MR) is 182 cm³/mol. The molecule has 1 aromatic heterocycles. The van der Waals surface area contributed by atoms with E-state index < -0.39 is 5.85 Å². The number of aryl methyl sites for hydroxylation is 2. The molecule has 1 aliphatic rings. The number of aliphatic hydroxyl groups excluding tert-OH is 1. The maximum Gasteiger partial charge on any atom is 0.408 e. The maximum atomic E-state index is 12.8. The van der Waals surface area contributed by atoms with Gasteiger partial charge in [0, 0.05) is 37.4 Å². The number of carbonyl (C=O) groups is 1. The zero-order valence-corrected chi connectivity index (χ0v) is 29.1. The molecule has 3 aromatic rings. The summed E-state index contributed by atoms with van der Waals surface area (Å²) in [6, 6.07) is 14.2. The largest absolute Gasteiger partial charge is 0.430 e. The molecule has 1 fully saturated rings. The van der Waals surface area contributed by atoms with Crippen LogP contribution in [0, 0.1) is 13.8 Å². The summed E-state index contributed by atoms with van der Waals surface area (Å²) in [6.07, 6.45) is 0.931. The van der Waals surface area contributed by atoms with Crippen LogP contribution >= 0.6 is 20.6 Å². The number of aliphatic hydroxyl groups is 1. The number of hydrogen-bond acceptors (Lipinski definition) is 8. The molecule has 0 spiro atoms. The van der Waals surface area contributed by atoms with Gasteiger partial charge in [-0.05, 0) is 54.3 Å². The third kappa shape index (κ3) is 15.1. The highest BCUT2D eigenvalue weighted by Crippen LogP contribution is 2.29. The van der Waals surface area contributed by atoms with E-state index in [2.05, 4.69) is 64.6 Å². The Morgan fingerprint density at radius 3 is 2.05 bits per heavy atom. The molecule has 2 heterocycles. The van der Waals surface area contributed by atoms with Crippen LogP contribution in [0.3, 0.4) is 0 Å². The fraction of sp³-hybridized carbons (Fsp3) is 0.500. The minimum absolute atomic E-state index is 0.101. The first kappa shape index (κ1) is 40.4. The first-order valence-corrected chi connectivity index (χ1v) is 16.2. The van der Waals surface area contributed by atoms with Crippen molar-refractivity contribution in [2.75, 3.05) is 36.8 Å². The van der Waals surface area contributed by atoms with E-state index >= 15 is 0 Å². The lowest BCUT2D eigenvalue weighted by Gasteiger charge is -2.37. The molecule has 43 heavy (non-hydrogen) atoms. The normalized spacial score (nSPS) is 13.4. The Balaban J connectivity index is 0.000000689. The number of ketones is 1. The van der Waals surface area contributed by atoms with Crippen LogP contribution in [0.1, 0.15) is 80.7 Å². The predicted octanol–water partition coefficient (Wildman–Crippen LogP) is 7.99. The van der Waals surface area contributed by atoms with Gasteiger partial charge in [-0.15, -0.1) is 11.3 Å². The molecule has 0 saturated carbocycles. The Hall–Kier alpha value is -2.65. The number of benzene rings is 2. The summed E-state index contributed by atoms with van der Waals surface area (Å²) in [5.41, 5.74) is 8.44. The number of anilines is 2. The van der Waals surface area contributed by atoms with Gasteiger partial charge in [0.05, 0.1) is 5.01 Å². The van der Waals surface area contributed by atoms with E-state index in [1.165, 1.54) is 51.2 Å². The van der Waals surface area contributed by atoms with Crippen molar-refractivity contribution < 1.29 is 23.4 Å². The Bertz CT molecular complexity index is 1180. The lowest BCUT2D eigenvalue weighted by molar-refractivity contribution is -0.0892. The third-order valence-corrected chi connectivity index (χ3v) is 6.66. The molecular weight excluding hydrogens is 589 g/mol. The van der Waals surface area contributed by atoms with Crippen molar-refractivity contribution in [1.29, 1.82) is 0 Å². The topological polar surface area (TPSA) is 91.9 Å². The highest BCUT2D eigenvalue weighted by atomic mass is 32.1. The van der Waals surface area contributed by atoms with Gasteiger partial charge < -0.3 is 20.5 Å². The van der Waals surface area contributed by atoms with Crippen molar-refractivity contribution in [2.24, 2.45) is 0 Å². The van der Waals surface area contributed by atoms with Crippen LogP contribution in [0.4, 0.5) is 20.3 Å². The molecule has 7 nitrogen and oxygen atoms in total. The number of carbonyl (C=O) groups excluding carboxylic acids is 1. The summed E-state index contributed by atoms with van der Waals surface area (Å²) in [5, 5.41) is 10.1. The molecule has 2 atom stereocenters. The van der Waals surface area contributed by atoms with Crippen molar-refractivity contribution in [2.45, 2.75) is 80.8 Å². The van der Waals surface area contributed by atoms with E-state index in [1.807, 2.05) is 34.6 Å². The minimum Gasteiger partial charge on any atom is -0.430 e. The van der Waals surface area contributed by atoms with Gasteiger partial charge in [-0.1, -0.05) is 77.8 Å². The van der Waals surface area contributed by atoms with Crippen molar-refractivity contribution in [1.82, 2.24) is 9.88 Å². The number of nitrogens with two attached hydrogens (primary N) is 1. The van der Waals surface area contributed by atoms with E-state index in [9.17, 15) is 18.7 Å². The van der Waals surface area contributed by atoms with Crippen LogP contribution in [0.25, 0.3) is 0 Å². The average Bonchev–Trinajstić information content (AvgIpc) is 3.32. The number of rotatable bonds is 6. The third-order valence-electron chi connectivity index (χ3n) is 5.56. The molecule has 11 heteroatoms. The van der Waals surface area contributed by atoms with E-state index in [-0.39, 0.29) is 34.0 Å².